The topological polar surface area (TPSA) is 73.0 Å². The molecule has 1 heterocycles. The van der Waals surface area contributed by atoms with Crippen molar-refractivity contribution in [2.24, 2.45) is 0 Å². The average molecular weight is 397 g/mol. The summed E-state index contributed by atoms with van der Waals surface area (Å²) in [6, 6.07) is 6.34. The second kappa shape index (κ2) is 9.52. The fourth-order valence-corrected chi connectivity index (χ4v) is 4.41. The first-order valence-electron chi connectivity index (χ1n) is 9.43. The number of aryl methyl sites for hydroxylation is 1. The molecule has 1 aliphatic heterocycles. The van der Waals surface area contributed by atoms with E-state index in [1.54, 1.807) is 19.1 Å². The number of nitrogens with one attached hydrogen (secondary N) is 1. The van der Waals surface area contributed by atoms with Crippen LogP contribution in [0.5, 0.6) is 0 Å². The number of sulfonamides is 1. The van der Waals surface area contributed by atoms with Crippen molar-refractivity contribution < 1.29 is 13.2 Å². The summed E-state index contributed by atoms with van der Waals surface area (Å²) < 4.78 is 25.7. The Kier molecular flexibility index (Phi) is 7.64. The van der Waals surface area contributed by atoms with Crippen molar-refractivity contribution in [3.05, 3.63) is 29.8 Å². The van der Waals surface area contributed by atoms with Crippen LogP contribution in [0.4, 0.5) is 5.69 Å². The molecule has 2 rings (SSSR count). The molecule has 1 aromatic rings. The minimum absolute atomic E-state index is 0.278. The van der Waals surface area contributed by atoms with Crippen LogP contribution >= 0.6 is 0 Å². The predicted octanol–water partition coefficient (Wildman–Crippen LogP) is 0.903. The highest BCUT2D eigenvalue weighted by Gasteiger charge is 2.28. The largest absolute Gasteiger partial charge is 0.354 e. The zero-order valence-electron chi connectivity index (χ0n) is 16.8. The minimum Gasteiger partial charge on any atom is -0.354 e. The highest BCUT2D eigenvalue weighted by molar-refractivity contribution is 7.92. The SMILES string of the molecule is Cc1ccc(N(C(C)C(=O)NCCCN2CCN(C)CC2)S(C)(=O)=O)cc1. The van der Waals surface area contributed by atoms with E-state index in [9.17, 15) is 13.2 Å². The maximum Gasteiger partial charge on any atom is 0.243 e. The van der Waals surface area contributed by atoms with Crippen molar-refractivity contribution in [1.82, 2.24) is 15.1 Å². The molecule has 1 aromatic carbocycles. The van der Waals surface area contributed by atoms with Crippen molar-refractivity contribution in [2.45, 2.75) is 26.3 Å². The van der Waals surface area contributed by atoms with Crippen LogP contribution in [-0.2, 0) is 14.8 Å². The van der Waals surface area contributed by atoms with Gasteiger partial charge in [-0.2, -0.15) is 0 Å². The summed E-state index contributed by atoms with van der Waals surface area (Å²) in [6.07, 6.45) is 1.98. The van der Waals surface area contributed by atoms with Crippen LogP contribution in [0.2, 0.25) is 0 Å². The summed E-state index contributed by atoms with van der Waals surface area (Å²) in [5.41, 5.74) is 1.54. The Balaban J connectivity index is 1.88. The molecule has 0 aliphatic carbocycles. The molecule has 0 spiro atoms. The van der Waals surface area contributed by atoms with Gasteiger partial charge in [-0.3, -0.25) is 9.10 Å². The van der Waals surface area contributed by atoms with E-state index >= 15 is 0 Å². The molecule has 8 heteroatoms. The molecule has 0 aromatic heterocycles. The van der Waals surface area contributed by atoms with E-state index in [2.05, 4.69) is 22.2 Å². The number of carbonyl (C=O) groups is 1. The quantitative estimate of drug-likeness (QED) is 0.661. The van der Waals surface area contributed by atoms with Gasteiger partial charge >= 0.3 is 0 Å². The van der Waals surface area contributed by atoms with E-state index < -0.39 is 16.1 Å². The summed E-state index contributed by atoms with van der Waals surface area (Å²) in [7, 11) is -1.44. The van der Waals surface area contributed by atoms with E-state index in [4.69, 9.17) is 0 Å². The highest BCUT2D eigenvalue weighted by atomic mass is 32.2. The third-order valence-electron chi connectivity index (χ3n) is 4.92. The first-order chi connectivity index (χ1) is 12.7. The number of hydrogen-bond donors (Lipinski definition) is 1. The van der Waals surface area contributed by atoms with Gasteiger partial charge in [0.2, 0.25) is 15.9 Å². The molecule has 1 N–H and O–H groups in total. The third kappa shape index (κ3) is 6.48. The number of nitrogens with zero attached hydrogens (tertiary/aromatic N) is 3. The molecular weight excluding hydrogens is 364 g/mol. The molecule has 1 aliphatic rings. The maximum atomic E-state index is 12.5. The van der Waals surface area contributed by atoms with Crippen molar-refractivity contribution in [2.75, 3.05) is 56.9 Å². The van der Waals surface area contributed by atoms with Gasteiger partial charge in [-0.15, -0.1) is 0 Å². The summed E-state index contributed by atoms with van der Waals surface area (Å²) in [4.78, 5) is 17.2. The monoisotopic (exact) mass is 396 g/mol. The molecule has 1 saturated heterocycles. The Morgan fingerprint density at radius 3 is 2.33 bits per heavy atom. The Morgan fingerprint density at radius 2 is 1.78 bits per heavy atom. The first kappa shape index (κ1) is 21.7. The van der Waals surface area contributed by atoms with E-state index in [1.165, 1.54) is 4.31 Å². The minimum atomic E-state index is -3.57. The number of carbonyl (C=O) groups excluding carboxylic acids is 1. The molecule has 27 heavy (non-hydrogen) atoms. The lowest BCUT2D eigenvalue weighted by molar-refractivity contribution is -0.121. The van der Waals surface area contributed by atoms with Gasteiger partial charge in [0.15, 0.2) is 0 Å². The third-order valence-corrected chi connectivity index (χ3v) is 6.16. The Labute approximate surface area is 163 Å². The van der Waals surface area contributed by atoms with Crippen molar-refractivity contribution in [1.29, 1.82) is 0 Å². The fraction of sp³-hybridized carbons (Fsp3) is 0.632. The average Bonchev–Trinajstić information content (AvgIpc) is 2.60. The van der Waals surface area contributed by atoms with Crippen LogP contribution in [0.15, 0.2) is 24.3 Å². The van der Waals surface area contributed by atoms with E-state index in [0.717, 1.165) is 51.0 Å². The number of benzene rings is 1. The number of amides is 1. The number of piperazine rings is 1. The lowest BCUT2D eigenvalue weighted by Gasteiger charge is -2.32. The second-order valence-electron chi connectivity index (χ2n) is 7.36. The molecule has 0 radical (unpaired) electrons. The lowest BCUT2D eigenvalue weighted by atomic mass is 10.2. The number of anilines is 1. The highest BCUT2D eigenvalue weighted by Crippen LogP contribution is 2.21. The van der Waals surface area contributed by atoms with E-state index in [1.807, 2.05) is 19.1 Å². The van der Waals surface area contributed by atoms with Gasteiger partial charge in [0.1, 0.15) is 6.04 Å². The van der Waals surface area contributed by atoms with Crippen LogP contribution in [0.1, 0.15) is 18.9 Å². The summed E-state index contributed by atoms with van der Waals surface area (Å²) in [5.74, 6) is -0.278. The smallest absolute Gasteiger partial charge is 0.243 e. The number of hydrogen-bond acceptors (Lipinski definition) is 5. The van der Waals surface area contributed by atoms with Crippen LogP contribution in [0, 0.1) is 6.92 Å². The molecule has 152 valence electrons. The normalized spacial score (nSPS) is 17.5. The van der Waals surface area contributed by atoms with Crippen LogP contribution in [0.25, 0.3) is 0 Å². The summed E-state index contributed by atoms with van der Waals surface area (Å²) in [5, 5.41) is 2.88. The van der Waals surface area contributed by atoms with Gasteiger partial charge in [0, 0.05) is 32.7 Å². The van der Waals surface area contributed by atoms with E-state index in [-0.39, 0.29) is 5.91 Å². The number of likely N-dealkylation sites (N-methyl/N-ethyl adjacent to an activating group) is 1. The molecule has 1 atom stereocenters. The summed E-state index contributed by atoms with van der Waals surface area (Å²) in [6.45, 7) is 9.29. The molecule has 1 fully saturated rings. The molecule has 1 amide bonds. The predicted molar refractivity (Wildman–Crippen MR) is 110 cm³/mol. The Hall–Kier alpha value is -1.64. The number of rotatable bonds is 8. The van der Waals surface area contributed by atoms with Gasteiger partial charge in [-0.1, -0.05) is 17.7 Å². The van der Waals surface area contributed by atoms with Gasteiger partial charge in [-0.05, 0) is 46.0 Å². The fourth-order valence-electron chi connectivity index (χ4n) is 3.23. The summed E-state index contributed by atoms with van der Waals surface area (Å²) >= 11 is 0. The zero-order valence-corrected chi connectivity index (χ0v) is 17.6. The van der Waals surface area contributed by atoms with Crippen LogP contribution in [-0.4, -0.2) is 82.7 Å². The van der Waals surface area contributed by atoms with Gasteiger partial charge in [-0.25, -0.2) is 8.42 Å². The standard InChI is InChI=1S/C19H32N4O3S/c1-16-6-8-18(9-7-16)23(27(4,25)26)17(2)19(24)20-10-5-11-22-14-12-21(3)13-15-22/h6-9,17H,5,10-15H2,1-4H3,(H,20,24). The van der Waals surface area contributed by atoms with Crippen LogP contribution in [0.3, 0.4) is 0 Å². The van der Waals surface area contributed by atoms with Crippen molar-refractivity contribution in [3.8, 4) is 0 Å². The molecule has 0 saturated carbocycles. The van der Waals surface area contributed by atoms with Gasteiger partial charge in [0.05, 0.1) is 11.9 Å². The van der Waals surface area contributed by atoms with E-state index in [0.29, 0.717) is 12.2 Å². The second-order valence-corrected chi connectivity index (χ2v) is 9.22. The lowest BCUT2D eigenvalue weighted by Crippen LogP contribution is -2.48. The first-order valence-corrected chi connectivity index (χ1v) is 11.3. The van der Waals surface area contributed by atoms with Gasteiger partial charge < -0.3 is 15.1 Å². The maximum absolute atomic E-state index is 12.5. The molecule has 0 bridgehead atoms. The van der Waals surface area contributed by atoms with Crippen LogP contribution < -0.4 is 9.62 Å². The van der Waals surface area contributed by atoms with Gasteiger partial charge in [0.25, 0.3) is 0 Å². The zero-order chi connectivity index (χ0) is 20.0. The molecule has 7 nitrogen and oxygen atoms in total. The van der Waals surface area contributed by atoms with Crippen molar-refractivity contribution >= 4 is 21.6 Å². The molecular formula is C19H32N4O3S. The van der Waals surface area contributed by atoms with Crippen molar-refractivity contribution in [3.63, 3.8) is 0 Å². The molecule has 1 unspecified atom stereocenters. The Morgan fingerprint density at radius 1 is 1.19 bits per heavy atom. The Bertz CT molecular complexity index is 713.